The number of hydrogen-bond acceptors (Lipinski definition) is 7. The van der Waals surface area contributed by atoms with Crippen LogP contribution in [0.4, 0.5) is 0 Å². The highest BCUT2D eigenvalue weighted by molar-refractivity contribution is 7.91. The van der Waals surface area contributed by atoms with Crippen LogP contribution in [-0.4, -0.2) is 34.5 Å². The van der Waals surface area contributed by atoms with Gasteiger partial charge in [-0.3, -0.25) is 10.0 Å². The summed E-state index contributed by atoms with van der Waals surface area (Å²) < 4.78 is 30.1. The van der Waals surface area contributed by atoms with E-state index in [0.29, 0.717) is 12.1 Å². The summed E-state index contributed by atoms with van der Waals surface area (Å²) in [4.78, 5) is 12.9. The molecular formula is C27H25N5O4S2. The average molecular weight is 548 g/mol. The maximum atomic E-state index is 12.9. The van der Waals surface area contributed by atoms with Crippen LogP contribution in [0.1, 0.15) is 23.7 Å². The molecule has 0 radical (unpaired) electrons. The normalized spacial score (nSPS) is 12.4. The molecule has 0 saturated heterocycles. The molecule has 0 saturated carbocycles. The summed E-state index contributed by atoms with van der Waals surface area (Å²) in [6, 6.07) is 26.6. The van der Waals surface area contributed by atoms with Crippen molar-refractivity contribution in [2.24, 2.45) is 0 Å². The summed E-state index contributed by atoms with van der Waals surface area (Å²) in [6.07, 6.45) is 2.04. The number of nitrogens with zero attached hydrogens (tertiary/aromatic N) is 3. The van der Waals surface area contributed by atoms with Crippen LogP contribution in [0.15, 0.2) is 95.3 Å². The number of carbonyl (C=O) groups is 1. The minimum Gasteiger partial charge on any atom is -0.289 e. The molecule has 1 atom stereocenters. The highest BCUT2D eigenvalue weighted by atomic mass is 32.2. The predicted molar refractivity (Wildman–Crippen MR) is 145 cm³/mol. The van der Waals surface area contributed by atoms with Crippen molar-refractivity contribution in [3.05, 3.63) is 102 Å². The highest BCUT2D eigenvalue weighted by Crippen LogP contribution is 2.30. The first kappa shape index (κ1) is 25.7. The lowest BCUT2D eigenvalue weighted by Crippen LogP contribution is -2.25. The molecule has 1 amide bonds. The fourth-order valence-corrected chi connectivity index (χ4v) is 6.55. The lowest BCUT2D eigenvalue weighted by molar-refractivity contribution is -0.130. The molecule has 0 aliphatic carbocycles. The summed E-state index contributed by atoms with van der Waals surface area (Å²) in [6.45, 7) is -0.0597. The van der Waals surface area contributed by atoms with Crippen LogP contribution in [0.2, 0.25) is 0 Å². The van der Waals surface area contributed by atoms with Crippen LogP contribution in [0.25, 0.3) is 21.2 Å². The fraction of sp³-hybridized carbons (Fsp3) is 0.148. The van der Waals surface area contributed by atoms with E-state index in [2.05, 4.69) is 21.1 Å². The van der Waals surface area contributed by atoms with Gasteiger partial charge in [0.15, 0.2) is 0 Å². The molecule has 3 aromatic carbocycles. The number of benzene rings is 3. The molecule has 0 spiro atoms. The molecule has 0 fully saturated rings. The molecule has 0 aliphatic rings. The zero-order valence-corrected chi connectivity index (χ0v) is 21.8. The van der Waals surface area contributed by atoms with Crippen molar-refractivity contribution in [1.29, 1.82) is 0 Å². The molecule has 2 aromatic heterocycles. The van der Waals surface area contributed by atoms with Crippen LogP contribution in [0.5, 0.6) is 0 Å². The van der Waals surface area contributed by atoms with Gasteiger partial charge < -0.3 is 0 Å². The van der Waals surface area contributed by atoms with Crippen molar-refractivity contribution >= 4 is 38.0 Å². The number of nitrogens with one attached hydrogen (secondary N) is 2. The van der Waals surface area contributed by atoms with Gasteiger partial charge in [0.1, 0.15) is 4.21 Å². The molecule has 5 aromatic rings. The van der Waals surface area contributed by atoms with Crippen molar-refractivity contribution in [1.82, 2.24) is 25.2 Å². The van der Waals surface area contributed by atoms with Gasteiger partial charge in [0.05, 0.1) is 30.9 Å². The van der Waals surface area contributed by atoms with Crippen LogP contribution >= 0.6 is 11.3 Å². The standard InChI is InChI=1S/C27H25N5O4S2/c33-26(30-34)16-24(15-19-10-11-20-6-4-5-9-22(20)14-19)32-18-23(29-31-32)17-28-38(35,36)27-13-12-25(37-27)21-7-2-1-3-8-21/h1-14,18,24,28,34H,15-17H2,(H,30,33)/t24-/m1/s1. The van der Waals surface area contributed by atoms with Gasteiger partial charge in [-0.05, 0) is 40.5 Å². The Balaban J connectivity index is 1.29. The molecular weight excluding hydrogens is 522 g/mol. The van der Waals surface area contributed by atoms with Crippen molar-refractivity contribution in [3.63, 3.8) is 0 Å². The van der Waals surface area contributed by atoms with E-state index in [-0.39, 0.29) is 17.2 Å². The molecule has 194 valence electrons. The first-order valence-electron chi connectivity index (χ1n) is 11.9. The van der Waals surface area contributed by atoms with Gasteiger partial charge in [-0.25, -0.2) is 23.3 Å². The molecule has 9 nitrogen and oxygen atoms in total. The number of hydroxylamine groups is 1. The second-order valence-corrected chi connectivity index (χ2v) is 11.9. The fourth-order valence-electron chi connectivity index (χ4n) is 4.19. The number of fused-ring (bicyclic) bond motifs is 1. The zero-order chi connectivity index (χ0) is 26.5. The molecule has 5 rings (SSSR count). The molecule has 11 heteroatoms. The smallest absolute Gasteiger partial charge is 0.250 e. The molecule has 38 heavy (non-hydrogen) atoms. The van der Waals surface area contributed by atoms with E-state index >= 15 is 0 Å². The summed E-state index contributed by atoms with van der Waals surface area (Å²) in [7, 11) is -3.75. The van der Waals surface area contributed by atoms with Gasteiger partial charge in [0.25, 0.3) is 0 Å². The van der Waals surface area contributed by atoms with Crippen LogP contribution in [0.3, 0.4) is 0 Å². The molecule has 0 aliphatic heterocycles. The van der Waals surface area contributed by atoms with E-state index in [4.69, 9.17) is 5.21 Å². The largest absolute Gasteiger partial charge is 0.289 e. The second kappa shape index (κ2) is 11.2. The SMILES string of the molecule is O=C(C[C@@H](Cc1ccc2ccccc2c1)n1cc(CNS(=O)(=O)c2ccc(-c3ccccc3)s2)nn1)NO. The third-order valence-electron chi connectivity index (χ3n) is 6.11. The van der Waals surface area contributed by atoms with Crippen molar-refractivity contribution in [3.8, 4) is 10.4 Å². The minimum absolute atomic E-state index is 0.0324. The van der Waals surface area contributed by atoms with Gasteiger partial charge in [-0.1, -0.05) is 78.0 Å². The Bertz CT molecular complexity index is 1670. The average Bonchev–Trinajstić information content (AvgIpc) is 3.63. The first-order valence-corrected chi connectivity index (χ1v) is 14.2. The summed E-state index contributed by atoms with van der Waals surface area (Å²) in [5, 5.41) is 19.5. The number of aromatic nitrogens is 3. The molecule has 2 heterocycles. The maximum absolute atomic E-state index is 12.9. The van der Waals surface area contributed by atoms with E-state index < -0.39 is 22.0 Å². The third kappa shape index (κ3) is 5.97. The van der Waals surface area contributed by atoms with E-state index in [1.54, 1.807) is 23.8 Å². The minimum atomic E-state index is -3.75. The van der Waals surface area contributed by atoms with Crippen molar-refractivity contribution < 1.29 is 18.4 Å². The van der Waals surface area contributed by atoms with E-state index in [0.717, 1.165) is 26.8 Å². The number of rotatable bonds is 10. The summed E-state index contributed by atoms with van der Waals surface area (Å²) in [5.74, 6) is -0.555. The first-order chi connectivity index (χ1) is 18.4. The van der Waals surface area contributed by atoms with Crippen molar-refractivity contribution in [2.45, 2.75) is 29.6 Å². The van der Waals surface area contributed by atoms with E-state index in [1.165, 1.54) is 16.0 Å². The number of thiophene rings is 1. The Kier molecular flexibility index (Phi) is 7.61. The molecule has 0 bridgehead atoms. The molecule has 0 unspecified atom stereocenters. The van der Waals surface area contributed by atoms with Gasteiger partial charge in [-0.2, -0.15) is 0 Å². The van der Waals surface area contributed by atoms with Crippen LogP contribution in [-0.2, 0) is 27.8 Å². The lowest BCUT2D eigenvalue weighted by Gasteiger charge is -2.16. The Hall–Kier alpha value is -3.90. The second-order valence-electron chi connectivity index (χ2n) is 8.78. The predicted octanol–water partition coefficient (Wildman–Crippen LogP) is 4.32. The maximum Gasteiger partial charge on any atom is 0.250 e. The Morgan fingerprint density at radius 3 is 2.53 bits per heavy atom. The Morgan fingerprint density at radius 1 is 0.974 bits per heavy atom. The van der Waals surface area contributed by atoms with E-state index in [9.17, 15) is 13.2 Å². The summed E-state index contributed by atoms with van der Waals surface area (Å²) in [5.41, 5.74) is 4.02. The zero-order valence-electron chi connectivity index (χ0n) is 20.2. The Labute approximate surface area is 223 Å². The lowest BCUT2D eigenvalue weighted by atomic mass is 10.00. The van der Waals surface area contributed by atoms with Gasteiger partial charge >= 0.3 is 0 Å². The number of hydrogen-bond donors (Lipinski definition) is 3. The van der Waals surface area contributed by atoms with Gasteiger partial charge in [0.2, 0.25) is 15.9 Å². The van der Waals surface area contributed by atoms with Gasteiger partial charge in [0, 0.05) is 4.88 Å². The number of sulfonamides is 1. The molecule has 3 N–H and O–H groups in total. The third-order valence-corrected chi connectivity index (χ3v) is 9.14. The van der Waals surface area contributed by atoms with Crippen LogP contribution < -0.4 is 10.2 Å². The Morgan fingerprint density at radius 2 is 1.74 bits per heavy atom. The van der Waals surface area contributed by atoms with Crippen LogP contribution in [0, 0.1) is 0 Å². The monoisotopic (exact) mass is 547 g/mol. The highest BCUT2D eigenvalue weighted by Gasteiger charge is 2.21. The number of carbonyl (C=O) groups excluding carboxylic acids is 1. The van der Waals surface area contributed by atoms with E-state index in [1.807, 2.05) is 66.7 Å². The quantitative estimate of drug-likeness (QED) is 0.177. The van der Waals surface area contributed by atoms with Gasteiger partial charge in [-0.15, -0.1) is 16.4 Å². The summed E-state index contributed by atoms with van der Waals surface area (Å²) >= 11 is 1.19. The number of amides is 1. The van der Waals surface area contributed by atoms with Crippen molar-refractivity contribution in [2.75, 3.05) is 0 Å². The topological polar surface area (TPSA) is 126 Å².